The van der Waals surface area contributed by atoms with Crippen LogP contribution in [-0.2, 0) is 11.2 Å². The number of hydrogen-bond donors (Lipinski definition) is 2. The summed E-state index contributed by atoms with van der Waals surface area (Å²) >= 11 is 6.43. The number of amides is 1. The first-order valence-electron chi connectivity index (χ1n) is 10.0. The summed E-state index contributed by atoms with van der Waals surface area (Å²) in [6.45, 7) is 4.69. The lowest BCUT2D eigenvalue weighted by Crippen LogP contribution is -2.31. The third-order valence-corrected chi connectivity index (χ3v) is 5.08. The second kappa shape index (κ2) is 10.3. The van der Waals surface area contributed by atoms with Crippen molar-refractivity contribution in [2.75, 3.05) is 31.4 Å². The minimum Gasteiger partial charge on any atom is -0.494 e. The van der Waals surface area contributed by atoms with Crippen LogP contribution in [-0.4, -0.2) is 35.8 Å². The van der Waals surface area contributed by atoms with Crippen LogP contribution in [0.15, 0.2) is 47.5 Å². The van der Waals surface area contributed by atoms with Crippen molar-refractivity contribution in [2.45, 2.75) is 20.3 Å². The van der Waals surface area contributed by atoms with E-state index in [0.717, 1.165) is 5.56 Å². The molecular formula is C23H25ClN4O4. The number of hydrogen-bond acceptors (Lipinski definition) is 6. The third-order valence-electron chi connectivity index (χ3n) is 4.79. The molecule has 168 valence electrons. The zero-order chi connectivity index (χ0) is 23.3. The van der Waals surface area contributed by atoms with Gasteiger partial charge in [0.05, 0.1) is 23.9 Å². The number of halogens is 1. The maximum atomic E-state index is 13.2. The predicted molar refractivity (Wildman–Crippen MR) is 125 cm³/mol. The van der Waals surface area contributed by atoms with Gasteiger partial charge < -0.3 is 20.5 Å². The molecule has 0 aliphatic heterocycles. The van der Waals surface area contributed by atoms with Crippen molar-refractivity contribution < 1.29 is 14.3 Å². The largest absolute Gasteiger partial charge is 0.494 e. The van der Waals surface area contributed by atoms with Gasteiger partial charge in [0.2, 0.25) is 0 Å². The monoisotopic (exact) mass is 456 g/mol. The Morgan fingerprint density at radius 2 is 2.06 bits per heavy atom. The molecule has 0 spiro atoms. The van der Waals surface area contributed by atoms with Gasteiger partial charge in [-0.05, 0) is 49.6 Å². The summed E-state index contributed by atoms with van der Waals surface area (Å²) in [6, 6.07) is 10.7. The van der Waals surface area contributed by atoms with Crippen molar-refractivity contribution in [2.24, 2.45) is 0 Å². The Hall–Kier alpha value is -3.36. The zero-order valence-corrected chi connectivity index (χ0v) is 18.9. The van der Waals surface area contributed by atoms with Crippen LogP contribution in [0.1, 0.15) is 28.4 Å². The first kappa shape index (κ1) is 23.3. The van der Waals surface area contributed by atoms with E-state index < -0.39 is 11.5 Å². The number of ether oxygens (including phenoxy) is 2. The van der Waals surface area contributed by atoms with Gasteiger partial charge in [-0.3, -0.25) is 14.2 Å². The van der Waals surface area contributed by atoms with Crippen LogP contribution in [0.2, 0.25) is 5.02 Å². The number of rotatable bonds is 8. The number of anilines is 2. The molecule has 0 atom stereocenters. The number of nitrogens with two attached hydrogens (primary N) is 1. The summed E-state index contributed by atoms with van der Waals surface area (Å²) in [5.41, 5.74) is 7.63. The molecule has 3 rings (SSSR count). The Morgan fingerprint density at radius 1 is 1.28 bits per heavy atom. The highest BCUT2D eigenvalue weighted by molar-refractivity contribution is 6.32. The molecule has 0 aliphatic rings. The van der Waals surface area contributed by atoms with Gasteiger partial charge in [-0.2, -0.15) is 0 Å². The van der Waals surface area contributed by atoms with Crippen molar-refractivity contribution in [1.29, 1.82) is 0 Å². The molecule has 0 saturated heterocycles. The van der Waals surface area contributed by atoms with Crippen LogP contribution >= 0.6 is 11.6 Å². The minimum absolute atomic E-state index is 0.168. The van der Waals surface area contributed by atoms with Gasteiger partial charge in [0, 0.05) is 18.9 Å². The summed E-state index contributed by atoms with van der Waals surface area (Å²) in [5.74, 6) is -0.238. The van der Waals surface area contributed by atoms with E-state index in [4.69, 9.17) is 26.8 Å². The van der Waals surface area contributed by atoms with Gasteiger partial charge in [0.1, 0.15) is 23.5 Å². The Bertz CT molecular complexity index is 1170. The van der Waals surface area contributed by atoms with Gasteiger partial charge in [0.15, 0.2) is 0 Å². The van der Waals surface area contributed by atoms with Crippen LogP contribution in [0.3, 0.4) is 0 Å². The first-order chi connectivity index (χ1) is 15.3. The normalized spacial score (nSPS) is 10.8. The van der Waals surface area contributed by atoms with Crippen molar-refractivity contribution >= 4 is 29.0 Å². The lowest BCUT2D eigenvalue weighted by molar-refractivity contribution is 0.102. The van der Waals surface area contributed by atoms with Crippen molar-refractivity contribution in [3.63, 3.8) is 0 Å². The third kappa shape index (κ3) is 5.09. The molecule has 2 aromatic carbocycles. The van der Waals surface area contributed by atoms with E-state index in [1.165, 1.54) is 10.9 Å². The van der Waals surface area contributed by atoms with Crippen LogP contribution in [0.4, 0.5) is 11.5 Å². The molecule has 8 nitrogen and oxygen atoms in total. The highest BCUT2D eigenvalue weighted by atomic mass is 35.5. The van der Waals surface area contributed by atoms with E-state index in [2.05, 4.69) is 10.3 Å². The molecule has 1 amide bonds. The van der Waals surface area contributed by atoms with E-state index in [0.29, 0.717) is 47.3 Å². The molecule has 3 aromatic rings. The van der Waals surface area contributed by atoms with Crippen LogP contribution < -0.4 is 21.3 Å². The SMILES string of the molecule is CCOc1cc(C)c(-n2cnc(N)c(C(=O)Nc3cccc(CCOC)c3)c2=O)c(Cl)c1. The molecule has 0 saturated carbocycles. The number of methoxy groups -OCH3 is 1. The lowest BCUT2D eigenvalue weighted by Gasteiger charge is -2.15. The van der Waals surface area contributed by atoms with Crippen LogP contribution in [0.25, 0.3) is 5.69 Å². The second-order valence-electron chi connectivity index (χ2n) is 7.08. The first-order valence-corrected chi connectivity index (χ1v) is 10.4. The van der Waals surface area contributed by atoms with Crippen LogP contribution in [0.5, 0.6) is 5.75 Å². The highest BCUT2D eigenvalue weighted by Crippen LogP contribution is 2.29. The van der Waals surface area contributed by atoms with Crippen molar-refractivity contribution in [1.82, 2.24) is 9.55 Å². The average molecular weight is 457 g/mol. The number of carbonyl (C=O) groups is 1. The number of carbonyl (C=O) groups excluding carboxylic acids is 1. The zero-order valence-electron chi connectivity index (χ0n) is 18.1. The summed E-state index contributed by atoms with van der Waals surface area (Å²) < 4.78 is 11.8. The molecule has 0 fully saturated rings. The summed E-state index contributed by atoms with van der Waals surface area (Å²) in [5, 5.41) is 3.02. The molecule has 0 unspecified atom stereocenters. The van der Waals surface area contributed by atoms with Crippen LogP contribution in [0, 0.1) is 6.92 Å². The lowest BCUT2D eigenvalue weighted by atomic mass is 10.1. The van der Waals surface area contributed by atoms with E-state index in [1.54, 1.807) is 32.2 Å². The van der Waals surface area contributed by atoms with E-state index in [9.17, 15) is 9.59 Å². The molecule has 3 N–H and O–H groups in total. The van der Waals surface area contributed by atoms with Crippen molar-refractivity contribution in [3.8, 4) is 11.4 Å². The number of aryl methyl sites for hydroxylation is 1. The average Bonchev–Trinajstić information content (AvgIpc) is 2.74. The standard InChI is InChI=1S/C23H25ClN4O4/c1-4-32-17-10-14(2)20(18(24)12-17)28-13-26-21(25)19(23(28)30)22(29)27-16-7-5-6-15(11-16)8-9-31-3/h5-7,10-13H,4,8-9,25H2,1-3H3,(H,27,29). The number of nitrogens with zero attached hydrogens (tertiary/aromatic N) is 2. The van der Waals surface area contributed by atoms with Gasteiger partial charge in [-0.15, -0.1) is 0 Å². The van der Waals surface area contributed by atoms with E-state index in [-0.39, 0.29) is 11.4 Å². The Labute approximate surface area is 190 Å². The van der Waals surface area contributed by atoms with Crippen molar-refractivity contribution in [3.05, 3.63) is 74.8 Å². The second-order valence-corrected chi connectivity index (χ2v) is 7.49. The quantitative estimate of drug-likeness (QED) is 0.536. The van der Waals surface area contributed by atoms with Gasteiger partial charge in [-0.25, -0.2) is 4.98 Å². The number of nitrogen functional groups attached to an aromatic ring is 1. The molecule has 0 aliphatic carbocycles. The maximum absolute atomic E-state index is 13.2. The molecule has 32 heavy (non-hydrogen) atoms. The predicted octanol–water partition coefficient (Wildman–Crippen LogP) is 3.62. The molecular weight excluding hydrogens is 432 g/mol. The minimum atomic E-state index is -0.655. The Morgan fingerprint density at radius 3 is 2.75 bits per heavy atom. The highest BCUT2D eigenvalue weighted by Gasteiger charge is 2.21. The van der Waals surface area contributed by atoms with Gasteiger partial charge >= 0.3 is 0 Å². The van der Waals surface area contributed by atoms with Gasteiger partial charge in [-0.1, -0.05) is 23.7 Å². The summed E-state index contributed by atoms with van der Waals surface area (Å²) in [4.78, 5) is 30.2. The summed E-state index contributed by atoms with van der Waals surface area (Å²) in [7, 11) is 1.63. The smallest absolute Gasteiger partial charge is 0.273 e. The van der Waals surface area contributed by atoms with Gasteiger partial charge in [0.25, 0.3) is 11.5 Å². The topological polar surface area (TPSA) is 108 Å². The Balaban J connectivity index is 1.97. The number of aromatic nitrogens is 2. The fraction of sp³-hybridized carbons (Fsp3) is 0.261. The maximum Gasteiger partial charge on any atom is 0.273 e. The molecule has 0 radical (unpaired) electrons. The van der Waals surface area contributed by atoms with E-state index in [1.807, 2.05) is 25.1 Å². The molecule has 1 heterocycles. The Kier molecular flexibility index (Phi) is 7.50. The number of benzene rings is 2. The number of nitrogens with one attached hydrogen (secondary N) is 1. The fourth-order valence-electron chi connectivity index (χ4n) is 3.32. The summed E-state index contributed by atoms with van der Waals surface area (Å²) in [6.07, 6.45) is 1.95. The molecule has 0 bridgehead atoms. The van der Waals surface area contributed by atoms with E-state index >= 15 is 0 Å². The molecule has 1 aromatic heterocycles. The fourth-order valence-corrected chi connectivity index (χ4v) is 3.67. The molecule has 9 heteroatoms.